The third kappa shape index (κ3) is 5.35. The van der Waals surface area contributed by atoms with Crippen LogP contribution in [-0.2, 0) is 9.59 Å². The minimum absolute atomic E-state index is 0.105. The van der Waals surface area contributed by atoms with Crippen molar-refractivity contribution in [2.75, 3.05) is 18.4 Å². The highest BCUT2D eigenvalue weighted by molar-refractivity contribution is 5.98. The van der Waals surface area contributed by atoms with E-state index in [1.54, 1.807) is 42.5 Å². The Hall–Kier alpha value is -3.27. The van der Waals surface area contributed by atoms with E-state index in [0.29, 0.717) is 11.3 Å². The van der Waals surface area contributed by atoms with Gasteiger partial charge >= 0.3 is 0 Å². The SMILES string of the molecule is NCC(=O)Nc1cccc(-c2ccc(C(=O)N[C@@H](CN)C(=O)NO)cc2)c1. The number of benzene rings is 2. The summed E-state index contributed by atoms with van der Waals surface area (Å²) in [5.74, 6) is -1.58. The number of carbonyl (C=O) groups excluding carboxylic acids is 3. The van der Waals surface area contributed by atoms with Gasteiger partial charge < -0.3 is 22.1 Å². The molecule has 1 atom stereocenters. The number of anilines is 1. The molecule has 2 aromatic carbocycles. The van der Waals surface area contributed by atoms with Crippen molar-refractivity contribution in [1.29, 1.82) is 0 Å². The van der Waals surface area contributed by atoms with Crippen molar-refractivity contribution in [2.24, 2.45) is 11.5 Å². The van der Waals surface area contributed by atoms with Crippen molar-refractivity contribution in [3.63, 3.8) is 0 Å². The highest BCUT2D eigenvalue weighted by atomic mass is 16.5. The van der Waals surface area contributed by atoms with Gasteiger partial charge in [-0.3, -0.25) is 19.6 Å². The Morgan fingerprint density at radius 1 is 1.00 bits per heavy atom. The third-order valence-electron chi connectivity index (χ3n) is 3.78. The van der Waals surface area contributed by atoms with Crippen LogP contribution in [0.4, 0.5) is 5.69 Å². The van der Waals surface area contributed by atoms with Crippen LogP contribution in [-0.4, -0.2) is 42.1 Å². The lowest BCUT2D eigenvalue weighted by Gasteiger charge is -2.14. The van der Waals surface area contributed by atoms with Crippen molar-refractivity contribution in [1.82, 2.24) is 10.8 Å². The molecule has 0 aliphatic carbocycles. The molecular weight excluding hydrogens is 350 g/mol. The Morgan fingerprint density at radius 3 is 2.30 bits per heavy atom. The van der Waals surface area contributed by atoms with Gasteiger partial charge in [0.2, 0.25) is 5.91 Å². The largest absolute Gasteiger partial charge is 0.339 e. The first kappa shape index (κ1) is 20.0. The van der Waals surface area contributed by atoms with Crippen LogP contribution >= 0.6 is 0 Å². The molecule has 0 fully saturated rings. The standard InChI is InChI=1S/C18H21N5O4/c19-9-15(18(26)23-27)22-17(25)12-6-4-11(5-7-12)13-2-1-3-14(8-13)21-16(24)10-20/h1-8,15,27H,9-10,19-20H2,(H,21,24)(H,22,25)(H,23,26)/t15-/m0/s1. The zero-order chi connectivity index (χ0) is 19.8. The van der Waals surface area contributed by atoms with E-state index in [4.69, 9.17) is 16.7 Å². The monoisotopic (exact) mass is 371 g/mol. The normalized spacial score (nSPS) is 11.4. The first-order valence-electron chi connectivity index (χ1n) is 8.13. The van der Waals surface area contributed by atoms with E-state index >= 15 is 0 Å². The van der Waals surface area contributed by atoms with Crippen LogP contribution in [0, 0.1) is 0 Å². The average Bonchev–Trinajstić information content (AvgIpc) is 2.71. The maximum absolute atomic E-state index is 12.2. The van der Waals surface area contributed by atoms with Gasteiger partial charge in [-0.25, -0.2) is 5.48 Å². The first-order chi connectivity index (χ1) is 13.0. The molecule has 9 heteroatoms. The van der Waals surface area contributed by atoms with Gasteiger partial charge in [0.05, 0.1) is 6.54 Å². The van der Waals surface area contributed by atoms with Crippen molar-refractivity contribution in [3.05, 3.63) is 54.1 Å². The number of hydrogen-bond acceptors (Lipinski definition) is 6. The number of nitrogens with two attached hydrogens (primary N) is 2. The van der Waals surface area contributed by atoms with Gasteiger partial charge in [0.15, 0.2) is 0 Å². The molecule has 2 rings (SSSR count). The molecule has 0 aromatic heterocycles. The summed E-state index contributed by atoms with van der Waals surface area (Å²) in [6, 6.07) is 12.8. The molecule has 8 N–H and O–H groups in total. The van der Waals surface area contributed by atoms with Crippen molar-refractivity contribution < 1.29 is 19.6 Å². The summed E-state index contributed by atoms with van der Waals surface area (Å²) >= 11 is 0. The van der Waals surface area contributed by atoms with Crippen molar-refractivity contribution in [3.8, 4) is 11.1 Å². The Morgan fingerprint density at radius 2 is 1.70 bits per heavy atom. The summed E-state index contributed by atoms with van der Waals surface area (Å²) in [6.07, 6.45) is 0. The van der Waals surface area contributed by atoms with Gasteiger partial charge in [-0.2, -0.15) is 0 Å². The molecular formula is C18H21N5O4. The fraction of sp³-hybridized carbons (Fsp3) is 0.167. The van der Waals surface area contributed by atoms with Gasteiger partial charge in [0.25, 0.3) is 11.8 Å². The Labute approximate surface area is 155 Å². The van der Waals surface area contributed by atoms with E-state index in [-0.39, 0.29) is 19.0 Å². The fourth-order valence-corrected chi connectivity index (χ4v) is 2.35. The number of rotatable bonds is 7. The number of nitrogens with one attached hydrogen (secondary N) is 3. The molecule has 0 bridgehead atoms. The molecule has 0 saturated carbocycles. The second-order valence-corrected chi connectivity index (χ2v) is 5.65. The quantitative estimate of drug-likeness (QED) is 0.292. The lowest BCUT2D eigenvalue weighted by Crippen LogP contribution is -2.50. The zero-order valence-corrected chi connectivity index (χ0v) is 14.4. The van der Waals surface area contributed by atoms with Gasteiger partial charge in [-0.1, -0.05) is 24.3 Å². The summed E-state index contributed by atoms with van der Waals surface area (Å²) in [7, 11) is 0. The van der Waals surface area contributed by atoms with Crippen LogP contribution in [0.1, 0.15) is 10.4 Å². The zero-order valence-electron chi connectivity index (χ0n) is 14.4. The minimum atomic E-state index is -1.04. The summed E-state index contributed by atoms with van der Waals surface area (Å²) in [5, 5.41) is 13.7. The average molecular weight is 371 g/mol. The fourth-order valence-electron chi connectivity index (χ4n) is 2.35. The highest BCUT2D eigenvalue weighted by Crippen LogP contribution is 2.23. The molecule has 0 aliphatic rings. The molecule has 0 saturated heterocycles. The molecule has 0 unspecified atom stereocenters. The minimum Gasteiger partial charge on any atom is -0.339 e. The van der Waals surface area contributed by atoms with Crippen LogP contribution in [0.2, 0.25) is 0 Å². The van der Waals surface area contributed by atoms with Crippen LogP contribution < -0.4 is 27.6 Å². The van der Waals surface area contributed by atoms with Gasteiger partial charge in [0.1, 0.15) is 6.04 Å². The van der Waals surface area contributed by atoms with Gasteiger partial charge in [-0.05, 0) is 35.4 Å². The van der Waals surface area contributed by atoms with Crippen LogP contribution in [0.25, 0.3) is 11.1 Å². The first-order valence-corrected chi connectivity index (χ1v) is 8.13. The summed E-state index contributed by atoms with van der Waals surface area (Å²) in [6.45, 7) is -0.260. The van der Waals surface area contributed by atoms with Crippen molar-refractivity contribution in [2.45, 2.75) is 6.04 Å². The molecule has 0 spiro atoms. The van der Waals surface area contributed by atoms with Gasteiger partial charge in [-0.15, -0.1) is 0 Å². The van der Waals surface area contributed by atoms with Crippen LogP contribution in [0.5, 0.6) is 0 Å². The molecule has 0 radical (unpaired) electrons. The molecule has 3 amide bonds. The number of hydrogen-bond donors (Lipinski definition) is 6. The van der Waals surface area contributed by atoms with E-state index in [1.807, 2.05) is 6.07 Å². The maximum atomic E-state index is 12.2. The van der Waals surface area contributed by atoms with Crippen LogP contribution in [0.15, 0.2) is 48.5 Å². The van der Waals surface area contributed by atoms with Crippen molar-refractivity contribution >= 4 is 23.4 Å². The van der Waals surface area contributed by atoms with E-state index in [1.165, 1.54) is 5.48 Å². The summed E-state index contributed by atoms with van der Waals surface area (Å²) in [5.41, 5.74) is 14.8. The topological polar surface area (TPSA) is 160 Å². The third-order valence-corrected chi connectivity index (χ3v) is 3.78. The van der Waals surface area contributed by atoms with Gasteiger partial charge in [0, 0.05) is 17.8 Å². The predicted molar refractivity (Wildman–Crippen MR) is 99.8 cm³/mol. The summed E-state index contributed by atoms with van der Waals surface area (Å²) in [4.78, 5) is 35.0. The molecule has 9 nitrogen and oxygen atoms in total. The van der Waals surface area contributed by atoms with Crippen LogP contribution in [0.3, 0.4) is 0 Å². The smallest absolute Gasteiger partial charge is 0.267 e. The van der Waals surface area contributed by atoms with E-state index in [9.17, 15) is 14.4 Å². The summed E-state index contributed by atoms with van der Waals surface area (Å²) < 4.78 is 0. The molecule has 0 heterocycles. The second kappa shape index (κ2) is 9.43. The Balaban J connectivity index is 2.13. The molecule has 27 heavy (non-hydrogen) atoms. The number of amides is 3. The molecule has 2 aromatic rings. The van der Waals surface area contributed by atoms with E-state index in [0.717, 1.165) is 11.1 Å². The highest BCUT2D eigenvalue weighted by Gasteiger charge is 2.19. The lowest BCUT2D eigenvalue weighted by atomic mass is 10.0. The molecule has 0 aliphatic heterocycles. The predicted octanol–water partition coefficient (Wildman–Crippen LogP) is -0.187. The Bertz CT molecular complexity index is 823. The van der Waals surface area contributed by atoms with E-state index < -0.39 is 17.9 Å². The van der Waals surface area contributed by atoms with E-state index in [2.05, 4.69) is 10.6 Å². The second-order valence-electron chi connectivity index (χ2n) is 5.65. The Kier molecular flexibility index (Phi) is 7.00. The lowest BCUT2D eigenvalue weighted by molar-refractivity contribution is -0.130. The number of hydroxylamine groups is 1. The molecule has 142 valence electrons. The number of carbonyl (C=O) groups is 3. The maximum Gasteiger partial charge on any atom is 0.267 e.